The molecule has 112 valence electrons. The van der Waals surface area contributed by atoms with Crippen molar-refractivity contribution in [1.29, 1.82) is 0 Å². The van der Waals surface area contributed by atoms with Gasteiger partial charge in [0.15, 0.2) is 0 Å². The molecule has 0 spiro atoms. The maximum Gasteiger partial charge on any atom is 0.123 e. The van der Waals surface area contributed by atoms with E-state index in [1.54, 1.807) is 14.2 Å². The van der Waals surface area contributed by atoms with Crippen LogP contribution in [0.25, 0.3) is 0 Å². The van der Waals surface area contributed by atoms with Gasteiger partial charge in [-0.2, -0.15) is 0 Å². The number of hydrogen-bond donors (Lipinski definition) is 1. The van der Waals surface area contributed by atoms with E-state index in [4.69, 9.17) is 9.47 Å². The standard InChI is InChI=1S/C17H22N2O2/c1-12-9-15(20-3)10-14(19-12)11-18-13(2)16-7-5-6-8-17(16)21-4/h5-10,13,18H,11H2,1-4H3/t13-/m0/s1. The summed E-state index contributed by atoms with van der Waals surface area (Å²) in [6.07, 6.45) is 0. The molecule has 21 heavy (non-hydrogen) atoms. The maximum atomic E-state index is 5.40. The maximum absolute atomic E-state index is 5.40. The van der Waals surface area contributed by atoms with Gasteiger partial charge in [0.25, 0.3) is 0 Å². The van der Waals surface area contributed by atoms with Crippen LogP contribution in [0.2, 0.25) is 0 Å². The molecule has 0 unspecified atom stereocenters. The lowest BCUT2D eigenvalue weighted by molar-refractivity contribution is 0.400. The van der Waals surface area contributed by atoms with Gasteiger partial charge in [-0.3, -0.25) is 4.98 Å². The molecule has 1 aromatic heterocycles. The van der Waals surface area contributed by atoms with Crippen molar-refractivity contribution in [2.24, 2.45) is 0 Å². The lowest BCUT2D eigenvalue weighted by Gasteiger charge is -2.17. The zero-order valence-corrected chi connectivity index (χ0v) is 13.0. The summed E-state index contributed by atoms with van der Waals surface area (Å²) in [4.78, 5) is 4.52. The Labute approximate surface area is 126 Å². The van der Waals surface area contributed by atoms with Crippen LogP contribution in [0.15, 0.2) is 36.4 Å². The fraction of sp³-hybridized carbons (Fsp3) is 0.353. The van der Waals surface area contributed by atoms with Crippen molar-refractivity contribution in [3.8, 4) is 11.5 Å². The van der Waals surface area contributed by atoms with Crippen LogP contribution in [0.4, 0.5) is 0 Å². The second-order valence-electron chi connectivity index (χ2n) is 4.98. The van der Waals surface area contributed by atoms with Crippen molar-refractivity contribution >= 4 is 0 Å². The van der Waals surface area contributed by atoms with Crippen LogP contribution in [0.5, 0.6) is 11.5 Å². The molecule has 4 nitrogen and oxygen atoms in total. The van der Waals surface area contributed by atoms with E-state index in [1.807, 2.05) is 37.3 Å². The van der Waals surface area contributed by atoms with E-state index in [1.165, 1.54) is 0 Å². The number of methoxy groups -OCH3 is 2. The summed E-state index contributed by atoms with van der Waals surface area (Å²) < 4.78 is 10.7. The van der Waals surface area contributed by atoms with Gasteiger partial charge in [0.2, 0.25) is 0 Å². The van der Waals surface area contributed by atoms with Crippen LogP contribution in [-0.2, 0) is 6.54 Å². The zero-order chi connectivity index (χ0) is 15.2. The topological polar surface area (TPSA) is 43.4 Å². The fourth-order valence-corrected chi connectivity index (χ4v) is 2.30. The quantitative estimate of drug-likeness (QED) is 0.885. The summed E-state index contributed by atoms with van der Waals surface area (Å²) in [7, 11) is 3.36. The molecule has 1 N–H and O–H groups in total. The van der Waals surface area contributed by atoms with Crippen LogP contribution in [0, 0.1) is 6.92 Å². The third kappa shape index (κ3) is 3.95. The average Bonchev–Trinajstić information content (AvgIpc) is 2.52. The van der Waals surface area contributed by atoms with E-state index in [0.717, 1.165) is 28.5 Å². The minimum Gasteiger partial charge on any atom is -0.497 e. The van der Waals surface area contributed by atoms with Gasteiger partial charge in [-0.1, -0.05) is 18.2 Å². The van der Waals surface area contributed by atoms with E-state index >= 15 is 0 Å². The highest BCUT2D eigenvalue weighted by atomic mass is 16.5. The van der Waals surface area contributed by atoms with Crippen molar-refractivity contribution in [2.75, 3.05) is 14.2 Å². The monoisotopic (exact) mass is 286 g/mol. The Balaban J connectivity index is 2.07. The summed E-state index contributed by atoms with van der Waals surface area (Å²) in [5.74, 6) is 1.73. The smallest absolute Gasteiger partial charge is 0.123 e. The number of nitrogens with one attached hydrogen (secondary N) is 1. The van der Waals surface area contributed by atoms with E-state index in [2.05, 4.69) is 23.3 Å². The molecule has 2 aromatic rings. The van der Waals surface area contributed by atoms with Crippen molar-refractivity contribution in [1.82, 2.24) is 10.3 Å². The molecular formula is C17H22N2O2. The van der Waals surface area contributed by atoms with Crippen molar-refractivity contribution < 1.29 is 9.47 Å². The van der Waals surface area contributed by atoms with Gasteiger partial charge in [0.1, 0.15) is 11.5 Å². The van der Waals surface area contributed by atoms with E-state index < -0.39 is 0 Å². The van der Waals surface area contributed by atoms with Gasteiger partial charge in [0.05, 0.1) is 19.9 Å². The van der Waals surface area contributed by atoms with Crippen molar-refractivity contribution in [2.45, 2.75) is 26.4 Å². The number of nitrogens with zero attached hydrogens (tertiary/aromatic N) is 1. The first-order valence-corrected chi connectivity index (χ1v) is 7.02. The summed E-state index contributed by atoms with van der Waals surface area (Å²) in [5.41, 5.74) is 3.06. The predicted molar refractivity (Wildman–Crippen MR) is 83.8 cm³/mol. The first-order chi connectivity index (χ1) is 10.1. The largest absolute Gasteiger partial charge is 0.497 e. The Morgan fingerprint density at radius 1 is 1.14 bits per heavy atom. The molecule has 0 amide bonds. The van der Waals surface area contributed by atoms with Gasteiger partial charge in [-0.05, 0) is 19.9 Å². The molecule has 1 heterocycles. The van der Waals surface area contributed by atoms with E-state index in [9.17, 15) is 0 Å². The molecule has 0 aliphatic heterocycles. The van der Waals surface area contributed by atoms with Crippen LogP contribution >= 0.6 is 0 Å². The number of para-hydroxylation sites is 1. The lowest BCUT2D eigenvalue weighted by Crippen LogP contribution is -2.19. The summed E-state index contributed by atoms with van der Waals surface area (Å²) >= 11 is 0. The molecule has 0 aliphatic rings. The molecule has 0 aliphatic carbocycles. The molecule has 0 radical (unpaired) electrons. The molecule has 0 saturated carbocycles. The lowest BCUT2D eigenvalue weighted by atomic mass is 10.1. The minimum absolute atomic E-state index is 0.175. The summed E-state index contributed by atoms with van der Waals surface area (Å²) in [6.45, 7) is 4.76. The number of aromatic nitrogens is 1. The second kappa shape index (κ2) is 7.09. The van der Waals surface area contributed by atoms with Crippen molar-refractivity contribution in [3.05, 3.63) is 53.3 Å². The first kappa shape index (κ1) is 15.3. The molecule has 1 atom stereocenters. The molecular weight excluding hydrogens is 264 g/mol. The second-order valence-corrected chi connectivity index (χ2v) is 4.98. The molecule has 0 bridgehead atoms. The van der Waals surface area contributed by atoms with E-state index in [0.29, 0.717) is 6.54 Å². The van der Waals surface area contributed by atoms with Gasteiger partial charge in [0, 0.05) is 36.0 Å². The van der Waals surface area contributed by atoms with Crippen LogP contribution < -0.4 is 14.8 Å². The molecule has 0 fully saturated rings. The van der Waals surface area contributed by atoms with Crippen LogP contribution in [0.3, 0.4) is 0 Å². The SMILES string of the molecule is COc1cc(C)nc(CN[C@@H](C)c2ccccc2OC)c1. The normalized spacial score (nSPS) is 12.0. The number of benzene rings is 1. The summed E-state index contributed by atoms with van der Waals surface area (Å²) in [6, 6.07) is 12.1. The number of ether oxygens (including phenoxy) is 2. The Hall–Kier alpha value is -2.07. The molecule has 1 aromatic carbocycles. The average molecular weight is 286 g/mol. The number of hydrogen-bond acceptors (Lipinski definition) is 4. The minimum atomic E-state index is 0.175. The zero-order valence-electron chi connectivity index (χ0n) is 13.0. The van der Waals surface area contributed by atoms with Gasteiger partial charge in [-0.25, -0.2) is 0 Å². The fourth-order valence-electron chi connectivity index (χ4n) is 2.30. The molecule has 2 rings (SSSR count). The highest BCUT2D eigenvalue weighted by molar-refractivity contribution is 5.35. The van der Waals surface area contributed by atoms with Gasteiger partial charge >= 0.3 is 0 Å². The summed E-state index contributed by atoms with van der Waals surface area (Å²) in [5, 5.41) is 3.47. The van der Waals surface area contributed by atoms with Crippen LogP contribution in [0.1, 0.15) is 29.9 Å². The molecule has 4 heteroatoms. The Bertz CT molecular complexity index is 599. The predicted octanol–water partition coefficient (Wildman–Crippen LogP) is 3.26. The Morgan fingerprint density at radius 3 is 2.62 bits per heavy atom. The number of pyridine rings is 1. The Kier molecular flexibility index (Phi) is 5.17. The third-order valence-electron chi connectivity index (χ3n) is 3.41. The van der Waals surface area contributed by atoms with Gasteiger partial charge in [-0.15, -0.1) is 0 Å². The number of aryl methyl sites for hydroxylation is 1. The Morgan fingerprint density at radius 2 is 1.90 bits per heavy atom. The van der Waals surface area contributed by atoms with Crippen LogP contribution in [-0.4, -0.2) is 19.2 Å². The highest BCUT2D eigenvalue weighted by Crippen LogP contribution is 2.24. The highest BCUT2D eigenvalue weighted by Gasteiger charge is 2.10. The number of rotatable bonds is 6. The molecule has 0 saturated heterocycles. The first-order valence-electron chi connectivity index (χ1n) is 7.02. The van der Waals surface area contributed by atoms with E-state index in [-0.39, 0.29) is 6.04 Å². The van der Waals surface area contributed by atoms with Crippen molar-refractivity contribution in [3.63, 3.8) is 0 Å². The van der Waals surface area contributed by atoms with Gasteiger partial charge < -0.3 is 14.8 Å². The third-order valence-corrected chi connectivity index (χ3v) is 3.41.